The van der Waals surface area contributed by atoms with Crippen molar-refractivity contribution in [1.29, 1.82) is 0 Å². The minimum atomic E-state index is -0.777. The quantitative estimate of drug-likeness (QED) is 0.509. The van der Waals surface area contributed by atoms with Crippen LogP contribution in [0.25, 0.3) is 0 Å². The highest BCUT2D eigenvalue weighted by molar-refractivity contribution is 5.98. The molecule has 0 aromatic heterocycles. The molecule has 0 amide bonds. The van der Waals surface area contributed by atoms with E-state index in [4.69, 9.17) is 4.43 Å². The molecule has 1 aromatic rings. The smallest absolute Gasteiger partial charge is 0.246 e. The van der Waals surface area contributed by atoms with Crippen LogP contribution < -0.4 is 0 Å². The lowest BCUT2D eigenvalue weighted by molar-refractivity contribution is 0.109. The molecule has 4 heteroatoms. The molecule has 0 aliphatic carbocycles. The molecular formula is C15H21F2OSi. The lowest BCUT2D eigenvalue weighted by atomic mass is 9.99. The van der Waals surface area contributed by atoms with Gasteiger partial charge in [-0.3, -0.25) is 0 Å². The maximum atomic E-state index is 13.0. The van der Waals surface area contributed by atoms with Crippen LogP contribution in [0.2, 0.25) is 0 Å². The predicted octanol–water partition coefficient (Wildman–Crippen LogP) is 4.34. The fourth-order valence-corrected chi connectivity index (χ4v) is 2.08. The standard InChI is InChI=1S/C15H21F2OSi/c1-15(2,18-19)10-6-4-3-5-7-12-8-9-13(16)14(17)11-12/h8-9,11H,3-7,10H2,1-2H3. The normalized spacial score (nSPS) is 11.8. The molecule has 0 spiro atoms. The molecule has 0 heterocycles. The maximum Gasteiger partial charge on any atom is 0.246 e. The number of rotatable bonds is 8. The summed E-state index contributed by atoms with van der Waals surface area (Å²) in [4.78, 5) is 0. The minimum Gasteiger partial charge on any atom is -0.414 e. The Bertz CT molecular complexity index is 394. The van der Waals surface area contributed by atoms with E-state index in [0.717, 1.165) is 44.1 Å². The van der Waals surface area contributed by atoms with Gasteiger partial charge in [0.1, 0.15) is 0 Å². The van der Waals surface area contributed by atoms with Crippen molar-refractivity contribution in [2.75, 3.05) is 0 Å². The van der Waals surface area contributed by atoms with E-state index < -0.39 is 11.6 Å². The summed E-state index contributed by atoms with van der Waals surface area (Å²) in [6.07, 6.45) is 6.13. The largest absolute Gasteiger partial charge is 0.414 e. The van der Waals surface area contributed by atoms with Gasteiger partial charge in [0.2, 0.25) is 10.5 Å². The Kier molecular flexibility index (Phi) is 6.65. The van der Waals surface area contributed by atoms with Gasteiger partial charge in [0.15, 0.2) is 11.6 Å². The second-order valence-electron chi connectivity index (χ2n) is 5.52. The molecule has 0 atom stereocenters. The molecule has 0 fully saturated rings. The van der Waals surface area contributed by atoms with E-state index in [-0.39, 0.29) is 5.60 Å². The van der Waals surface area contributed by atoms with Crippen molar-refractivity contribution < 1.29 is 13.2 Å². The van der Waals surface area contributed by atoms with Crippen LogP contribution in [-0.4, -0.2) is 16.1 Å². The molecule has 0 saturated heterocycles. The van der Waals surface area contributed by atoms with E-state index in [9.17, 15) is 8.78 Å². The topological polar surface area (TPSA) is 9.23 Å². The van der Waals surface area contributed by atoms with Crippen LogP contribution in [0.1, 0.15) is 51.5 Å². The van der Waals surface area contributed by atoms with Gasteiger partial charge in [-0.15, -0.1) is 0 Å². The third-order valence-corrected chi connectivity index (χ3v) is 3.81. The highest BCUT2D eigenvalue weighted by Gasteiger charge is 2.14. The van der Waals surface area contributed by atoms with E-state index in [1.54, 1.807) is 6.07 Å². The third-order valence-electron chi connectivity index (χ3n) is 3.25. The number of halogens is 2. The Morgan fingerprint density at radius 3 is 2.37 bits per heavy atom. The van der Waals surface area contributed by atoms with Crippen LogP contribution in [0.3, 0.4) is 0 Å². The highest BCUT2D eigenvalue weighted by Crippen LogP contribution is 2.18. The SMILES string of the molecule is CC(C)(CCCCCCc1ccc(F)c(F)c1)O[Si]. The Hall–Kier alpha value is -0.743. The monoisotopic (exact) mass is 283 g/mol. The minimum absolute atomic E-state index is 0.128. The summed E-state index contributed by atoms with van der Waals surface area (Å²) >= 11 is 0. The van der Waals surface area contributed by atoms with Gasteiger partial charge < -0.3 is 4.43 Å². The van der Waals surface area contributed by atoms with Crippen LogP contribution in [0, 0.1) is 11.6 Å². The zero-order chi connectivity index (χ0) is 14.3. The molecule has 0 unspecified atom stereocenters. The summed E-state index contributed by atoms with van der Waals surface area (Å²) in [7, 11) is 3.08. The van der Waals surface area contributed by atoms with Crippen molar-refractivity contribution in [3.05, 3.63) is 35.4 Å². The molecule has 0 aliphatic rings. The van der Waals surface area contributed by atoms with Crippen molar-refractivity contribution in [2.24, 2.45) is 0 Å². The van der Waals surface area contributed by atoms with Crippen LogP contribution in [0.5, 0.6) is 0 Å². The van der Waals surface area contributed by atoms with Gasteiger partial charge in [-0.2, -0.15) is 0 Å². The first-order valence-electron chi connectivity index (χ1n) is 6.73. The maximum absolute atomic E-state index is 13.0. The Morgan fingerprint density at radius 2 is 1.74 bits per heavy atom. The van der Waals surface area contributed by atoms with Gasteiger partial charge in [0.25, 0.3) is 0 Å². The van der Waals surface area contributed by atoms with E-state index >= 15 is 0 Å². The molecule has 1 rings (SSSR count). The summed E-state index contributed by atoms with van der Waals surface area (Å²) in [5, 5.41) is 0. The molecule has 0 aliphatic heterocycles. The summed E-state index contributed by atoms with van der Waals surface area (Å²) in [5.74, 6) is -1.53. The average molecular weight is 283 g/mol. The number of unbranched alkanes of at least 4 members (excludes halogenated alkanes) is 3. The molecule has 0 N–H and O–H groups in total. The Labute approximate surface area is 117 Å². The first-order valence-corrected chi connectivity index (χ1v) is 7.14. The van der Waals surface area contributed by atoms with E-state index in [1.807, 2.05) is 13.8 Å². The van der Waals surface area contributed by atoms with Crippen molar-refractivity contribution in [2.45, 2.75) is 58.0 Å². The average Bonchev–Trinajstić information content (AvgIpc) is 2.37. The van der Waals surface area contributed by atoms with E-state index in [2.05, 4.69) is 10.5 Å². The highest BCUT2D eigenvalue weighted by atomic mass is 28.2. The number of benzene rings is 1. The van der Waals surface area contributed by atoms with Crippen molar-refractivity contribution in [3.8, 4) is 0 Å². The lowest BCUT2D eigenvalue weighted by Crippen LogP contribution is -2.22. The second kappa shape index (κ2) is 7.75. The van der Waals surface area contributed by atoms with Gasteiger partial charge in [-0.1, -0.05) is 25.3 Å². The van der Waals surface area contributed by atoms with Gasteiger partial charge >= 0.3 is 0 Å². The van der Waals surface area contributed by atoms with E-state index in [1.165, 1.54) is 12.1 Å². The van der Waals surface area contributed by atoms with Crippen LogP contribution >= 0.6 is 0 Å². The molecule has 3 radical (unpaired) electrons. The molecule has 1 nitrogen and oxygen atoms in total. The Balaban J connectivity index is 2.16. The molecule has 0 bridgehead atoms. The third kappa shape index (κ3) is 6.30. The zero-order valence-corrected chi connectivity index (χ0v) is 12.6. The zero-order valence-electron chi connectivity index (χ0n) is 11.6. The number of hydrogen-bond acceptors (Lipinski definition) is 1. The van der Waals surface area contributed by atoms with Gasteiger partial charge in [0.05, 0.1) is 0 Å². The number of aryl methyl sites for hydroxylation is 1. The van der Waals surface area contributed by atoms with Crippen molar-refractivity contribution in [3.63, 3.8) is 0 Å². The fourth-order valence-electron chi connectivity index (χ4n) is 1.98. The van der Waals surface area contributed by atoms with Gasteiger partial charge in [-0.05, 0) is 50.8 Å². The summed E-state index contributed by atoms with van der Waals surface area (Å²) in [6, 6.07) is 4.14. The first-order chi connectivity index (χ1) is 8.94. The number of hydrogen-bond donors (Lipinski definition) is 0. The van der Waals surface area contributed by atoms with Crippen LogP contribution in [-0.2, 0) is 10.8 Å². The van der Waals surface area contributed by atoms with Gasteiger partial charge in [-0.25, -0.2) is 8.78 Å². The predicted molar refractivity (Wildman–Crippen MR) is 74.1 cm³/mol. The van der Waals surface area contributed by atoms with Gasteiger partial charge in [0, 0.05) is 5.60 Å². The van der Waals surface area contributed by atoms with Crippen molar-refractivity contribution >= 4 is 10.5 Å². The molecule has 0 saturated carbocycles. The molecule has 105 valence electrons. The molecular weight excluding hydrogens is 262 g/mol. The second-order valence-corrected chi connectivity index (χ2v) is 5.73. The van der Waals surface area contributed by atoms with Crippen molar-refractivity contribution in [1.82, 2.24) is 0 Å². The van der Waals surface area contributed by atoms with Crippen LogP contribution in [0.4, 0.5) is 8.78 Å². The summed E-state index contributed by atoms with van der Waals surface area (Å²) in [6.45, 7) is 4.09. The lowest BCUT2D eigenvalue weighted by Gasteiger charge is -2.22. The van der Waals surface area contributed by atoms with Crippen LogP contribution in [0.15, 0.2) is 18.2 Å². The summed E-state index contributed by atoms with van der Waals surface area (Å²) < 4.78 is 30.9. The Morgan fingerprint density at radius 1 is 1.05 bits per heavy atom. The van der Waals surface area contributed by atoms with E-state index in [0.29, 0.717) is 0 Å². The first kappa shape index (κ1) is 16.3. The fraction of sp³-hybridized carbons (Fsp3) is 0.600. The molecule has 19 heavy (non-hydrogen) atoms. The molecule has 1 aromatic carbocycles. The summed E-state index contributed by atoms with van der Waals surface area (Å²) in [5.41, 5.74) is 0.736.